The fraction of sp³-hybridized carbons (Fsp3) is 0.583. The summed E-state index contributed by atoms with van der Waals surface area (Å²) in [6, 6.07) is 0. The first-order chi connectivity index (χ1) is 14.7. The fourth-order valence-corrected chi connectivity index (χ4v) is 6.22. The number of Topliss-reactive ketones (excluding diaryl/α,β-unsaturated/α-hetero) is 2. The predicted octanol–water partition coefficient (Wildman–Crippen LogP) is 2.77. The van der Waals surface area contributed by atoms with Crippen LogP contribution in [-0.4, -0.2) is 64.1 Å². The molecule has 0 N–H and O–H groups in total. The van der Waals surface area contributed by atoms with Crippen LogP contribution in [0, 0.1) is 17.3 Å². The molecule has 0 saturated heterocycles. The molecule has 7 heteroatoms. The molecule has 5 unspecified atom stereocenters. The third-order valence-electron chi connectivity index (χ3n) is 7.52. The van der Waals surface area contributed by atoms with E-state index in [1.54, 1.807) is 25.2 Å². The van der Waals surface area contributed by atoms with E-state index in [9.17, 15) is 9.59 Å². The van der Waals surface area contributed by atoms with Crippen LogP contribution in [-0.2, 0) is 33.3 Å². The number of carbonyl (C=O) groups is 2. The molecule has 2 bridgehead atoms. The van der Waals surface area contributed by atoms with Crippen LogP contribution in [0.15, 0.2) is 48.8 Å². The zero-order valence-corrected chi connectivity index (χ0v) is 19.2. The molecule has 5 atom stereocenters. The molecule has 0 aromatic rings. The van der Waals surface area contributed by atoms with Crippen molar-refractivity contribution in [3.63, 3.8) is 0 Å². The Kier molecular flexibility index (Phi) is 5.95. The SMILES string of the molecule is C=CCC1=CC2(OC)C(=O)C(OC)(OC)C1C1C(C)(OC)C(=O)C(OC)=CC12CC=C. The van der Waals surface area contributed by atoms with Crippen LogP contribution in [0.1, 0.15) is 19.8 Å². The fourth-order valence-electron chi connectivity index (χ4n) is 6.22. The number of ketones is 2. The molecule has 4 aliphatic carbocycles. The lowest BCUT2D eigenvalue weighted by atomic mass is 9.40. The van der Waals surface area contributed by atoms with Crippen LogP contribution >= 0.6 is 0 Å². The largest absolute Gasteiger partial charge is 0.493 e. The minimum atomic E-state index is -1.66. The van der Waals surface area contributed by atoms with Gasteiger partial charge in [-0.2, -0.15) is 0 Å². The monoisotopic (exact) mass is 432 g/mol. The molecule has 31 heavy (non-hydrogen) atoms. The predicted molar refractivity (Wildman–Crippen MR) is 114 cm³/mol. The van der Waals surface area contributed by atoms with Gasteiger partial charge in [0.25, 0.3) is 0 Å². The van der Waals surface area contributed by atoms with Gasteiger partial charge in [0.15, 0.2) is 11.4 Å². The standard InChI is InChI=1S/C24H32O7/c1-9-11-15-13-23(29-6)20(26)24(30-7,31-8)17(15)18-21(3,28-5)19(25)16(27-4)14-22(18,23)12-10-2/h9-10,13-14,17-18H,1-2,11-12H2,3-8H3. The van der Waals surface area contributed by atoms with Gasteiger partial charge >= 0.3 is 0 Å². The smallest absolute Gasteiger partial charge is 0.239 e. The summed E-state index contributed by atoms with van der Waals surface area (Å²) in [5.41, 5.74) is -3.02. The molecular formula is C24H32O7. The van der Waals surface area contributed by atoms with Crippen LogP contribution < -0.4 is 0 Å². The first-order valence-electron chi connectivity index (χ1n) is 10.2. The van der Waals surface area contributed by atoms with E-state index in [1.165, 1.54) is 35.5 Å². The minimum absolute atomic E-state index is 0.123. The van der Waals surface area contributed by atoms with E-state index in [1.807, 2.05) is 6.08 Å². The molecule has 1 saturated carbocycles. The molecule has 0 radical (unpaired) electrons. The molecule has 4 rings (SSSR count). The number of methoxy groups -OCH3 is 5. The maximum absolute atomic E-state index is 14.1. The lowest BCUT2D eigenvalue weighted by Gasteiger charge is -2.67. The second kappa shape index (κ2) is 7.81. The molecule has 7 nitrogen and oxygen atoms in total. The molecule has 1 fully saturated rings. The number of allylic oxidation sites excluding steroid dienone is 2. The van der Waals surface area contributed by atoms with Gasteiger partial charge in [0.1, 0.15) is 5.60 Å². The van der Waals surface area contributed by atoms with Crippen molar-refractivity contribution in [3.8, 4) is 0 Å². The molecule has 0 spiro atoms. The summed E-state index contributed by atoms with van der Waals surface area (Å²) in [7, 11) is 7.24. The van der Waals surface area contributed by atoms with E-state index < -0.39 is 34.2 Å². The molecular weight excluding hydrogens is 400 g/mol. The Morgan fingerprint density at radius 2 is 1.61 bits per heavy atom. The van der Waals surface area contributed by atoms with Crippen LogP contribution in [0.4, 0.5) is 0 Å². The van der Waals surface area contributed by atoms with Gasteiger partial charge in [-0.15, -0.1) is 13.2 Å². The van der Waals surface area contributed by atoms with Crippen LogP contribution in [0.2, 0.25) is 0 Å². The Balaban J connectivity index is 2.54. The van der Waals surface area contributed by atoms with Crippen molar-refractivity contribution in [1.82, 2.24) is 0 Å². The van der Waals surface area contributed by atoms with Crippen molar-refractivity contribution in [2.24, 2.45) is 17.3 Å². The normalized spacial score (nSPS) is 38.3. The first kappa shape index (κ1) is 23.6. The zero-order chi connectivity index (χ0) is 23.2. The van der Waals surface area contributed by atoms with E-state index in [0.29, 0.717) is 12.8 Å². The summed E-state index contributed by atoms with van der Waals surface area (Å²) < 4.78 is 29.1. The maximum atomic E-state index is 14.1. The summed E-state index contributed by atoms with van der Waals surface area (Å²) in [4.78, 5) is 27.6. The van der Waals surface area contributed by atoms with E-state index in [-0.39, 0.29) is 17.3 Å². The zero-order valence-electron chi connectivity index (χ0n) is 19.2. The third kappa shape index (κ3) is 2.55. The molecule has 0 aromatic carbocycles. The number of hydrogen-bond donors (Lipinski definition) is 0. The van der Waals surface area contributed by atoms with E-state index in [2.05, 4.69) is 13.2 Å². The quantitative estimate of drug-likeness (QED) is 0.409. The van der Waals surface area contributed by atoms with E-state index in [4.69, 9.17) is 23.7 Å². The average Bonchev–Trinajstić information content (AvgIpc) is 2.78. The molecule has 4 aliphatic rings. The summed E-state index contributed by atoms with van der Waals surface area (Å²) in [5.74, 6) is -3.43. The molecule has 0 heterocycles. The van der Waals surface area contributed by atoms with Crippen molar-refractivity contribution >= 4 is 11.6 Å². The maximum Gasteiger partial charge on any atom is 0.239 e. The average molecular weight is 433 g/mol. The first-order valence-corrected chi connectivity index (χ1v) is 10.2. The Morgan fingerprint density at radius 3 is 2.06 bits per heavy atom. The van der Waals surface area contributed by atoms with Gasteiger partial charge in [-0.3, -0.25) is 9.59 Å². The topological polar surface area (TPSA) is 80.3 Å². The highest BCUT2D eigenvalue weighted by atomic mass is 16.7. The van der Waals surface area contributed by atoms with Crippen molar-refractivity contribution in [2.75, 3.05) is 35.5 Å². The number of ether oxygens (including phenoxy) is 5. The van der Waals surface area contributed by atoms with E-state index >= 15 is 0 Å². The summed E-state index contributed by atoms with van der Waals surface area (Å²) in [6.07, 6.45) is 7.83. The van der Waals surface area contributed by atoms with Gasteiger partial charge in [-0.05, 0) is 31.9 Å². The summed E-state index contributed by atoms with van der Waals surface area (Å²) in [6.45, 7) is 9.52. The molecule has 0 aromatic heterocycles. The number of fused-ring (bicyclic) bond motifs is 1. The van der Waals surface area contributed by atoms with Gasteiger partial charge < -0.3 is 23.7 Å². The van der Waals surface area contributed by atoms with Gasteiger partial charge in [0.05, 0.1) is 7.11 Å². The highest BCUT2D eigenvalue weighted by molar-refractivity contribution is 6.06. The lowest BCUT2D eigenvalue weighted by Crippen LogP contribution is -2.80. The van der Waals surface area contributed by atoms with Crippen LogP contribution in [0.5, 0.6) is 0 Å². The second-order valence-electron chi connectivity index (χ2n) is 8.40. The molecule has 0 aliphatic heterocycles. The summed E-state index contributed by atoms with van der Waals surface area (Å²) in [5, 5.41) is 0. The lowest BCUT2D eigenvalue weighted by molar-refractivity contribution is -0.298. The number of hydrogen-bond acceptors (Lipinski definition) is 7. The highest BCUT2D eigenvalue weighted by Gasteiger charge is 2.80. The van der Waals surface area contributed by atoms with Gasteiger partial charge in [-0.25, -0.2) is 0 Å². The Hall–Kier alpha value is -2.06. The number of rotatable bonds is 9. The Bertz CT molecular complexity index is 867. The molecule has 170 valence electrons. The van der Waals surface area contributed by atoms with Gasteiger partial charge in [-0.1, -0.05) is 17.7 Å². The van der Waals surface area contributed by atoms with Crippen molar-refractivity contribution < 1.29 is 33.3 Å². The Morgan fingerprint density at radius 1 is 0.968 bits per heavy atom. The molecule has 0 amide bonds. The van der Waals surface area contributed by atoms with Gasteiger partial charge in [0.2, 0.25) is 17.4 Å². The Labute approximate surface area is 183 Å². The van der Waals surface area contributed by atoms with Crippen LogP contribution in [0.3, 0.4) is 0 Å². The highest BCUT2D eigenvalue weighted by Crippen LogP contribution is 2.68. The van der Waals surface area contributed by atoms with Crippen molar-refractivity contribution in [1.29, 1.82) is 0 Å². The van der Waals surface area contributed by atoms with E-state index in [0.717, 1.165) is 5.57 Å². The third-order valence-corrected chi connectivity index (χ3v) is 7.52. The van der Waals surface area contributed by atoms with Crippen molar-refractivity contribution in [3.05, 3.63) is 48.8 Å². The number of carbonyl (C=O) groups excluding carboxylic acids is 2. The van der Waals surface area contributed by atoms with Crippen molar-refractivity contribution in [2.45, 2.75) is 36.8 Å². The van der Waals surface area contributed by atoms with Gasteiger partial charge in [0, 0.05) is 45.7 Å². The van der Waals surface area contributed by atoms with Crippen LogP contribution in [0.25, 0.3) is 0 Å². The summed E-state index contributed by atoms with van der Waals surface area (Å²) >= 11 is 0. The minimum Gasteiger partial charge on any atom is -0.493 e. The second-order valence-corrected chi connectivity index (χ2v) is 8.40.